The number of aryl methyl sites for hydroxylation is 1. The predicted octanol–water partition coefficient (Wildman–Crippen LogP) is 4.42. The highest BCUT2D eigenvalue weighted by atomic mass is 16.6. The summed E-state index contributed by atoms with van der Waals surface area (Å²) in [6.45, 7) is 2.25. The number of rotatable bonds is 7. The lowest BCUT2D eigenvalue weighted by atomic mass is 10.00. The smallest absolute Gasteiger partial charge is 0.269 e. The van der Waals surface area contributed by atoms with E-state index < -0.39 is 0 Å². The van der Waals surface area contributed by atoms with Crippen LogP contribution in [-0.2, 0) is 13.1 Å². The van der Waals surface area contributed by atoms with Crippen molar-refractivity contribution >= 4 is 5.69 Å². The van der Waals surface area contributed by atoms with Crippen molar-refractivity contribution in [1.82, 2.24) is 9.47 Å². The molecule has 0 aliphatic carbocycles. The fourth-order valence-corrected chi connectivity index (χ4v) is 4.44. The molecule has 1 unspecified atom stereocenters. The molecule has 168 valence electrons. The average molecular weight is 437 g/mol. The first kappa shape index (κ1) is 21.7. The number of hydrogen-bond donors (Lipinski definition) is 0. The maximum Gasteiger partial charge on any atom is 0.269 e. The summed E-state index contributed by atoms with van der Waals surface area (Å²) < 4.78 is 18.9. The van der Waals surface area contributed by atoms with Crippen LogP contribution in [-0.4, -0.2) is 42.3 Å². The summed E-state index contributed by atoms with van der Waals surface area (Å²) in [5.41, 5.74) is 2.98. The first-order chi connectivity index (χ1) is 15.5. The Balaban J connectivity index is 1.81. The van der Waals surface area contributed by atoms with E-state index in [4.69, 9.17) is 14.2 Å². The van der Waals surface area contributed by atoms with E-state index in [1.807, 2.05) is 24.3 Å². The quantitative estimate of drug-likeness (QED) is 0.402. The lowest BCUT2D eigenvalue weighted by Gasteiger charge is -2.31. The van der Waals surface area contributed by atoms with E-state index in [-0.39, 0.29) is 16.7 Å². The third kappa shape index (κ3) is 4.13. The number of hydrogen-bond acceptors (Lipinski definition) is 6. The molecule has 4 rings (SSSR count). The van der Waals surface area contributed by atoms with Crippen LogP contribution in [0.15, 0.2) is 54.7 Å². The van der Waals surface area contributed by atoms with E-state index in [1.165, 1.54) is 6.07 Å². The predicted molar refractivity (Wildman–Crippen MR) is 120 cm³/mol. The van der Waals surface area contributed by atoms with Crippen molar-refractivity contribution in [1.29, 1.82) is 0 Å². The van der Waals surface area contributed by atoms with Crippen LogP contribution in [0.4, 0.5) is 5.69 Å². The topological polar surface area (TPSA) is 79.0 Å². The van der Waals surface area contributed by atoms with E-state index in [2.05, 4.69) is 21.7 Å². The van der Waals surface area contributed by atoms with Gasteiger partial charge in [-0.05, 0) is 24.1 Å². The summed E-state index contributed by atoms with van der Waals surface area (Å²) in [5, 5.41) is 11.4. The number of nitro groups is 1. The van der Waals surface area contributed by atoms with Gasteiger partial charge in [0, 0.05) is 55.8 Å². The first-order valence-corrected chi connectivity index (χ1v) is 10.5. The van der Waals surface area contributed by atoms with Crippen LogP contribution in [0.2, 0.25) is 0 Å². The molecule has 0 radical (unpaired) electrons. The molecule has 0 N–H and O–H groups in total. The van der Waals surface area contributed by atoms with Crippen molar-refractivity contribution in [3.63, 3.8) is 0 Å². The zero-order chi connectivity index (χ0) is 22.7. The number of nitro benzene ring substituents is 1. The van der Waals surface area contributed by atoms with Crippen LogP contribution in [0.5, 0.6) is 17.2 Å². The molecule has 0 saturated heterocycles. The third-order valence-electron chi connectivity index (χ3n) is 5.93. The number of ether oxygens (including phenoxy) is 3. The molecule has 0 amide bonds. The molecule has 8 nitrogen and oxygen atoms in total. The van der Waals surface area contributed by atoms with Crippen molar-refractivity contribution in [2.24, 2.45) is 0 Å². The molecule has 3 aromatic rings. The van der Waals surface area contributed by atoms with E-state index in [0.29, 0.717) is 23.8 Å². The van der Waals surface area contributed by atoms with Gasteiger partial charge in [0.05, 0.1) is 37.9 Å². The summed E-state index contributed by atoms with van der Waals surface area (Å²) in [6.07, 6.45) is 3.02. The van der Waals surface area contributed by atoms with Gasteiger partial charge in [-0.1, -0.05) is 12.1 Å². The Bertz CT molecular complexity index is 1090. The number of methoxy groups -OCH3 is 3. The SMILES string of the molecule is COc1cc(OC)c(CN2CCCn3cccc3C2c2cccc([N+](=O)[O-])c2)c(OC)c1. The van der Waals surface area contributed by atoms with Crippen LogP contribution < -0.4 is 14.2 Å². The molecule has 1 atom stereocenters. The Morgan fingerprint density at radius 2 is 1.75 bits per heavy atom. The maximum atomic E-state index is 11.4. The minimum Gasteiger partial charge on any atom is -0.496 e. The first-order valence-electron chi connectivity index (χ1n) is 10.5. The van der Waals surface area contributed by atoms with Crippen molar-refractivity contribution in [2.45, 2.75) is 25.6 Å². The molecule has 0 bridgehead atoms. The van der Waals surface area contributed by atoms with Crippen LogP contribution in [0.3, 0.4) is 0 Å². The highest BCUT2D eigenvalue weighted by Crippen LogP contribution is 2.39. The monoisotopic (exact) mass is 437 g/mol. The van der Waals surface area contributed by atoms with Gasteiger partial charge in [0.2, 0.25) is 0 Å². The van der Waals surface area contributed by atoms with Gasteiger partial charge in [-0.2, -0.15) is 0 Å². The van der Waals surface area contributed by atoms with Crippen LogP contribution in [0.25, 0.3) is 0 Å². The number of fused-ring (bicyclic) bond motifs is 1. The molecule has 32 heavy (non-hydrogen) atoms. The average Bonchev–Trinajstić information content (AvgIpc) is 3.20. The zero-order valence-corrected chi connectivity index (χ0v) is 18.5. The summed E-state index contributed by atoms with van der Waals surface area (Å²) in [4.78, 5) is 13.4. The standard InChI is InChI=1S/C24H27N3O5/c1-30-19-14-22(31-2)20(23(15-19)32-3)16-26-12-6-11-25-10-5-9-21(25)24(26)17-7-4-8-18(13-17)27(28)29/h4-5,7-10,13-15,24H,6,11-12,16H2,1-3H3. The second kappa shape index (κ2) is 9.32. The molecule has 0 spiro atoms. The number of aromatic nitrogens is 1. The normalized spacial score (nSPS) is 16.2. The maximum absolute atomic E-state index is 11.4. The second-order valence-electron chi connectivity index (χ2n) is 7.72. The molecular formula is C24H27N3O5. The molecule has 0 saturated carbocycles. The van der Waals surface area contributed by atoms with Crippen molar-refractivity contribution in [3.8, 4) is 17.2 Å². The van der Waals surface area contributed by atoms with Gasteiger partial charge >= 0.3 is 0 Å². The molecular weight excluding hydrogens is 410 g/mol. The van der Waals surface area contributed by atoms with Crippen molar-refractivity contribution in [3.05, 3.63) is 81.7 Å². The van der Waals surface area contributed by atoms with Crippen LogP contribution in [0, 0.1) is 10.1 Å². The number of nitrogens with zero attached hydrogens (tertiary/aromatic N) is 3. The van der Waals surface area contributed by atoms with Gasteiger partial charge in [0.25, 0.3) is 5.69 Å². The van der Waals surface area contributed by atoms with E-state index in [1.54, 1.807) is 33.5 Å². The van der Waals surface area contributed by atoms with E-state index >= 15 is 0 Å². The summed E-state index contributed by atoms with van der Waals surface area (Å²) >= 11 is 0. The Kier molecular flexibility index (Phi) is 6.32. The molecule has 2 aromatic carbocycles. The van der Waals surface area contributed by atoms with Gasteiger partial charge < -0.3 is 18.8 Å². The number of non-ortho nitro benzene ring substituents is 1. The van der Waals surface area contributed by atoms with Crippen molar-refractivity contribution in [2.75, 3.05) is 27.9 Å². The summed E-state index contributed by atoms with van der Waals surface area (Å²) in [6, 6.07) is 14.6. The Labute approximate surface area is 187 Å². The minimum atomic E-state index is -0.348. The minimum absolute atomic E-state index is 0.0874. The van der Waals surface area contributed by atoms with Gasteiger partial charge in [0.1, 0.15) is 17.2 Å². The number of benzene rings is 2. The Hall–Kier alpha value is -3.52. The van der Waals surface area contributed by atoms with Crippen LogP contribution in [0.1, 0.15) is 29.3 Å². The van der Waals surface area contributed by atoms with E-state index in [9.17, 15) is 10.1 Å². The molecule has 0 fully saturated rings. The summed E-state index contributed by atoms with van der Waals surface area (Å²) in [7, 11) is 4.86. The molecule has 8 heteroatoms. The lowest BCUT2D eigenvalue weighted by Crippen LogP contribution is -2.30. The lowest BCUT2D eigenvalue weighted by molar-refractivity contribution is -0.384. The molecule has 2 heterocycles. The van der Waals surface area contributed by atoms with Crippen molar-refractivity contribution < 1.29 is 19.1 Å². The highest BCUT2D eigenvalue weighted by molar-refractivity contribution is 5.51. The zero-order valence-electron chi connectivity index (χ0n) is 18.5. The fourth-order valence-electron chi connectivity index (χ4n) is 4.44. The highest BCUT2D eigenvalue weighted by Gasteiger charge is 2.30. The third-order valence-corrected chi connectivity index (χ3v) is 5.93. The largest absolute Gasteiger partial charge is 0.496 e. The van der Waals surface area contributed by atoms with Gasteiger partial charge in [-0.3, -0.25) is 15.0 Å². The Morgan fingerprint density at radius 1 is 1.00 bits per heavy atom. The molecule has 1 aliphatic heterocycles. The second-order valence-corrected chi connectivity index (χ2v) is 7.72. The molecule has 1 aliphatic rings. The van der Waals surface area contributed by atoms with Gasteiger partial charge in [-0.25, -0.2) is 0 Å². The van der Waals surface area contributed by atoms with Crippen LogP contribution >= 0.6 is 0 Å². The Morgan fingerprint density at radius 3 is 2.41 bits per heavy atom. The van der Waals surface area contributed by atoms with Gasteiger partial charge in [0.15, 0.2) is 0 Å². The van der Waals surface area contributed by atoms with Gasteiger partial charge in [-0.15, -0.1) is 0 Å². The molecule has 1 aromatic heterocycles. The fraction of sp³-hybridized carbons (Fsp3) is 0.333. The van der Waals surface area contributed by atoms with E-state index in [0.717, 1.165) is 36.3 Å². The summed E-state index contributed by atoms with van der Waals surface area (Å²) in [5.74, 6) is 2.01.